The maximum absolute atomic E-state index is 11.8. The predicted octanol–water partition coefficient (Wildman–Crippen LogP) is 3.73. The van der Waals surface area contributed by atoms with E-state index in [1.54, 1.807) is 0 Å². The van der Waals surface area contributed by atoms with Crippen LogP contribution >= 0.6 is 0 Å². The third-order valence-electron chi connectivity index (χ3n) is 4.24. The number of carbonyl (C=O) groups excluding carboxylic acids is 1. The van der Waals surface area contributed by atoms with Crippen molar-refractivity contribution in [1.82, 2.24) is 5.32 Å². The van der Waals surface area contributed by atoms with Gasteiger partial charge in [0.1, 0.15) is 0 Å². The number of carbonyl (C=O) groups is 1. The second kappa shape index (κ2) is 22.9. The third-order valence-corrected chi connectivity index (χ3v) is 4.24. The third kappa shape index (κ3) is 25.3. The van der Waals surface area contributed by atoms with Crippen LogP contribution in [0, 0.1) is 0 Å². The van der Waals surface area contributed by atoms with Crippen LogP contribution < -0.4 is 5.32 Å². The Kier molecular flexibility index (Phi) is 22.4. The van der Waals surface area contributed by atoms with Gasteiger partial charge in [0.15, 0.2) is 0 Å². The minimum Gasteiger partial charge on any atom is -0.379 e. The molecule has 0 aliphatic rings. The number of nitrogens with one attached hydrogen (secondary N) is 1. The highest BCUT2D eigenvalue weighted by Gasteiger charge is 2.01. The minimum atomic E-state index is 0.110. The summed E-state index contributed by atoms with van der Waals surface area (Å²) in [6.45, 7) is 13.4. The van der Waals surface area contributed by atoms with Crippen LogP contribution in [0.4, 0.5) is 0 Å². The predicted molar refractivity (Wildman–Crippen MR) is 120 cm³/mol. The lowest BCUT2D eigenvalue weighted by Gasteiger charge is -2.09. The molecule has 0 bridgehead atoms. The fraction of sp³-hybridized carbons (Fsp3) is 0.957. The summed E-state index contributed by atoms with van der Waals surface area (Å²) in [6.07, 6.45) is 7.98. The molecule has 0 aromatic carbocycles. The van der Waals surface area contributed by atoms with E-state index >= 15 is 0 Å². The highest BCUT2D eigenvalue weighted by Crippen LogP contribution is 2.07. The van der Waals surface area contributed by atoms with Gasteiger partial charge in [-0.05, 0) is 40.5 Å². The lowest BCUT2D eigenvalue weighted by molar-refractivity contribution is -0.121. The molecule has 0 fully saturated rings. The van der Waals surface area contributed by atoms with Crippen molar-refractivity contribution < 1.29 is 28.5 Å². The topological polar surface area (TPSA) is 75.3 Å². The smallest absolute Gasteiger partial charge is 0.220 e. The van der Waals surface area contributed by atoms with E-state index in [1.165, 1.54) is 19.3 Å². The van der Waals surface area contributed by atoms with Crippen LogP contribution in [0.25, 0.3) is 0 Å². The number of rotatable bonds is 23. The molecular formula is C23H47NO6. The Hall–Kier alpha value is -0.730. The Morgan fingerprint density at radius 2 is 1.07 bits per heavy atom. The highest BCUT2D eigenvalue weighted by atomic mass is 16.6. The number of ether oxygens (including phenoxy) is 5. The van der Waals surface area contributed by atoms with Crippen LogP contribution in [0.5, 0.6) is 0 Å². The molecule has 0 saturated heterocycles. The van der Waals surface area contributed by atoms with Crippen LogP contribution in [0.1, 0.15) is 72.6 Å². The molecular weight excluding hydrogens is 386 g/mol. The average Bonchev–Trinajstić information content (AvgIpc) is 2.69. The molecule has 0 aliphatic heterocycles. The van der Waals surface area contributed by atoms with Crippen molar-refractivity contribution in [3.8, 4) is 0 Å². The second-order valence-corrected chi connectivity index (χ2v) is 7.90. The molecule has 0 aliphatic carbocycles. The van der Waals surface area contributed by atoms with Gasteiger partial charge in [-0.15, -0.1) is 0 Å². The molecule has 0 aromatic heterocycles. The number of amides is 1. The standard InChI is InChI=1S/C23H47NO6/c1-21(2)29-13-10-8-6-5-7-9-11-23(25)24-12-14-26-15-16-27-17-18-28-19-20-30-22(3)4/h21-22H,5-20H2,1-4H3,(H,24,25). The Labute approximate surface area is 184 Å². The van der Waals surface area contributed by atoms with Crippen molar-refractivity contribution in [3.05, 3.63) is 0 Å². The zero-order valence-electron chi connectivity index (χ0n) is 19.9. The molecule has 0 rings (SSSR count). The van der Waals surface area contributed by atoms with E-state index in [9.17, 15) is 4.79 Å². The first kappa shape index (κ1) is 29.3. The van der Waals surface area contributed by atoms with E-state index < -0.39 is 0 Å². The van der Waals surface area contributed by atoms with E-state index in [-0.39, 0.29) is 12.0 Å². The normalized spacial score (nSPS) is 11.5. The minimum absolute atomic E-state index is 0.110. The van der Waals surface area contributed by atoms with E-state index in [0.29, 0.717) is 65.3 Å². The first-order chi connectivity index (χ1) is 14.5. The van der Waals surface area contributed by atoms with Crippen molar-refractivity contribution in [2.45, 2.75) is 84.8 Å². The van der Waals surface area contributed by atoms with Gasteiger partial charge in [0.2, 0.25) is 5.91 Å². The lowest BCUT2D eigenvalue weighted by atomic mass is 10.1. The summed E-state index contributed by atoms with van der Waals surface area (Å²) >= 11 is 0. The van der Waals surface area contributed by atoms with E-state index in [0.717, 1.165) is 25.9 Å². The van der Waals surface area contributed by atoms with Crippen molar-refractivity contribution in [1.29, 1.82) is 0 Å². The summed E-state index contributed by atoms with van der Waals surface area (Å²) in [6, 6.07) is 0. The van der Waals surface area contributed by atoms with Crippen LogP contribution in [0.15, 0.2) is 0 Å². The van der Waals surface area contributed by atoms with Gasteiger partial charge in [-0.25, -0.2) is 0 Å². The molecule has 30 heavy (non-hydrogen) atoms. The Morgan fingerprint density at radius 1 is 0.600 bits per heavy atom. The van der Waals surface area contributed by atoms with Crippen molar-refractivity contribution in [3.63, 3.8) is 0 Å². The largest absolute Gasteiger partial charge is 0.379 e. The summed E-state index contributed by atoms with van der Waals surface area (Å²) in [5, 5.41) is 2.90. The van der Waals surface area contributed by atoms with Gasteiger partial charge < -0.3 is 29.0 Å². The van der Waals surface area contributed by atoms with Gasteiger partial charge in [-0.3, -0.25) is 4.79 Å². The molecule has 0 atom stereocenters. The van der Waals surface area contributed by atoms with Crippen LogP contribution in [-0.2, 0) is 28.5 Å². The first-order valence-corrected chi connectivity index (χ1v) is 11.8. The summed E-state index contributed by atoms with van der Waals surface area (Å²) in [7, 11) is 0. The second-order valence-electron chi connectivity index (χ2n) is 7.90. The number of hydrogen-bond donors (Lipinski definition) is 1. The zero-order valence-corrected chi connectivity index (χ0v) is 19.9. The molecule has 0 heterocycles. The molecule has 180 valence electrons. The summed E-state index contributed by atoms with van der Waals surface area (Å²) < 4.78 is 27.2. The van der Waals surface area contributed by atoms with E-state index in [4.69, 9.17) is 23.7 Å². The highest BCUT2D eigenvalue weighted by molar-refractivity contribution is 5.75. The maximum Gasteiger partial charge on any atom is 0.220 e. The monoisotopic (exact) mass is 433 g/mol. The molecule has 0 radical (unpaired) electrons. The quantitative estimate of drug-likeness (QED) is 0.248. The molecule has 0 saturated carbocycles. The summed E-state index contributed by atoms with van der Waals surface area (Å²) in [5.74, 6) is 0.110. The molecule has 1 amide bonds. The molecule has 0 unspecified atom stereocenters. The van der Waals surface area contributed by atoms with Gasteiger partial charge in [0, 0.05) is 19.6 Å². The number of hydrogen-bond acceptors (Lipinski definition) is 6. The van der Waals surface area contributed by atoms with Gasteiger partial charge in [0.05, 0.1) is 58.5 Å². The zero-order chi connectivity index (χ0) is 22.3. The van der Waals surface area contributed by atoms with Crippen LogP contribution in [0.2, 0.25) is 0 Å². The summed E-state index contributed by atoms with van der Waals surface area (Å²) in [5.41, 5.74) is 0. The van der Waals surface area contributed by atoms with Crippen LogP contribution in [-0.4, -0.2) is 77.5 Å². The Morgan fingerprint density at radius 3 is 1.67 bits per heavy atom. The lowest BCUT2D eigenvalue weighted by Crippen LogP contribution is -2.27. The molecule has 7 nitrogen and oxygen atoms in total. The Balaban J connectivity index is 3.16. The van der Waals surface area contributed by atoms with Crippen molar-refractivity contribution in [2.75, 3.05) is 59.4 Å². The maximum atomic E-state index is 11.8. The van der Waals surface area contributed by atoms with E-state index in [2.05, 4.69) is 19.2 Å². The first-order valence-electron chi connectivity index (χ1n) is 11.8. The van der Waals surface area contributed by atoms with Gasteiger partial charge in [-0.1, -0.05) is 25.7 Å². The Bertz CT molecular complexity index is 366. The van der Waals surface area contributed by atoms with Gasteiger partial charge >= 0.3 is 0 Å². The fourth-order valence-electron chi connectivity index (χ4n) is 2.65. The van der Waals surface area contributed by atoms with Gasteiger partial charge in [-0.2, -0.15) is 0 Å². The average molecular weight is 434 g/mol. The molecule has 7 heteroatoms. The summed E-state index contributed by atoms with van der Waals surface area (Å²) in [4.78, 5) is 11.8. The fourth-order valence-corrected chi connectivity index (χ4v) is 2.65. The number of unbranched alkanes of at least 4 members (excludes halogenated alkanes) is 5. The van der Waals surface area contributed by atoms with E-state index in [1.807, 2.05) is 13.8 Å². The molecule has 0 aromatic rings. The van der Waals surface area contributed by atoms with Crippen LogP contribution in [0.3, 0.4) is 0 Å². The van der Waals surface area contributed by atoms with Gasteiger partial charge in [0.25, 0.3) is 0 Å². The van der Waals surface area contributed by atoms with Crippen molar-refractivity contribution in [2.24, 2.45) is 0 Å². The SMILES string of the molecule is CC(C)OCCCCCCCCC(=O)NCCOCCOCCOCCOC(C)C. The van der Waals surface area contributed by atoms with Crippen molar-refractivity contribution >= 4 is 5.91 Å². The molecule has 0 spiro atoms. The molecule has 1 N–H and O–H groups in total.